The van der Waals surface area contributed by atoms with Gasteiger partial charge in [0.15, 0.2) is 0 Å². The maximum Gasteiger partial charge on any atom is 2.00 e. The third-order valence-corrected chi connectivity index (χ3v) is 0. The summed E-state index contributed by atoms with van der Waals surface area (Å²) >= 11 is 0. The van der Waals surface area contributed by atoms with Crippen LogP contribution in [0.1, 0.15) is 0 Å². The van der Waals surface area contributed by atoms with Gasteiger partial charge in [-0.2, -0.15) is 0 Å². The van der Waals surface area contributed by atoms with Crippen molar-refractivity contribution in [2.24, 2.45) is 0 Å². The fraction of sp³-hybridized carbons (Fsp3) is 0. The summed E-state index contributed by atoms with van der Waals surface area (Å²) in [7, 11) is 0. The van der Waals surface area contributed by atoms with Crippen molar-refractivity contribution in [1.29, 1.82) is 21.0 Å². The molecule has 0 saturated heterocycles. The van der Waals surface area contributed by atoms with Gasteiger partial charge in [0.2, 0.25) is 0 Å². The van der Waals surface area contributed by atoms with E-state index in [0.717, 1.165) is 0 Å². The van der Waals surface area contributed by atoms with Crippen LogP contribution in [0, 0.1) is 47.3 Å². The average molecular weight is 298 g/mol. The zero-order valence-electron chi connectivity index (χ0n) is 6.84. The van der Waals surface area contributed by atoms with E-state index in [2.05, 4.69) is 0 Å². The maximum atomic E-state index is 6.75. The minimum atomic E-state index is 0. The van der Waals surface area contributed by atoms with Crippen molar-refractivity contribution in [3.63, 3.8) is 0 Å². The van der Waals surface area contributed by atoms with E-state index in [1.54, 1.807) is 0 Å². The molecular weight excluding hydrogens is 298 g/mol. The van der Waals surface area contributed by atoms with E-state index in [-0.39, 0.29) is 78.7 Å². The quantitative estimate of drug-likeness (QED) is 0.171. The Morgan fingerprint density at radius 2 is 0.692 bits per heavy atom. The molecule has 0 amide bonds. The van der Waals surface area contributed by atoms with Gasteiger partial charge in [0.25, 0.3) is 0 Å². The second-order valence-electron chi connectivity index (χ2n) is 0.0894. The Labute approximate surface area is 140 Å². The monoisotopic (exact) mass is 299 g/mol. The fourth-order valence-electron chi connectivity index (χ4n) is 0. The van der Waals surface area contributed by atoms with Crippen LogP contribution in [0.2, 0.25) is 0 Å². The molecule has 0 N–H and O–H groups in total. The zero-order valence-corrected chi connectivity index (χ0v) is 14.0. The van der Waals surface area contributed by atoms with Gasteiger partial charge in [-0.3, -0.25) is 4.91 Å². The first-order chi connectivity index (χ1) is 5.41. The molecule has 0 rings (SSSR count). The third kappa shape index (κ3) is 38800. The summed E-state index contributed by atoms with van der Waals surface area (Å²) in [6, 6.07) is 0. The van der Waals surface area contributed by atoms with E-state index in [9.17, 15) is 0 Å². The Kier molecular flexibility index (Phi) is 8210. The van der Waals surface area contributed by atoms with Crippen molar-refractivity contribution in [2.75, 3.05) is 0 Å². The largest absolute Gasteiger partial charge is 2.00 e. The van der Waals surface area contributed by atoms with Gasteiger partial charge in [0, 0.05) is 0 Å². The van der Waals surface area contributed by atoms with E-state index in [1.165, 1.54) is 4.91 Å². The smallest absolute Gasteiger partial charge is 0.512 e. The molecule has 0 bridgehead atoms. The molecule has 0 spiro atoms. The second kappa shape index (κ2) is 2020. The number of hydrogen-bond donors (Lipinski definition) is 0. The van der Waals surface area contributed by atoms with Crippen LogP contribution >= 0.6 is 0 Å². The molecule has 0 unspecified atom stereocenters. The zero-order chi connectivity index (χ0) is 10.7. The van der Waals surface area contributed by atoms with Gasteiger partial charge in [-0.15, -0.1) is 0 Å². The van der Waals surface area contributed by atoms with Gasteiger partial charge in [-0.1, -0.05) is 0 Å². The molecule has 0 aliphatic rings. The van der Waals surface area contributed by atoms with E-state index in [1.807, 2.05) is 0 Å². The van der Waals surface area contributed by atoms with Gasteiger partial charge in [-0.25, -0.2) is 0 Å². The van der Waals surface area contributed by atoms with Crippen molar-refractivity contribution >= 4 is 0 Å². The summed E-state index contributed by atoms with van der Waals surface area (Å²) in [4.78, 5) is 1.50. The Morgan fingerprint density at radius 1 is 0.692 bits per heavy atom. The van der Waals surface area contributed by atoms with E-state index < -0.39 is 0 Å². The molecule has 0 aromatic carbocycles. The van der Waals surface area contributed by atoms with Gasteiger partial charge >= 0.3 is 78.7 Å². The molecule has 13 heavy (non-hydrogen) atoms. The predicted octanol–water partition coefficient (Wildman–Crippen LogP) is -1.75. The summed E-state index contributed by atoms with van der Waals surface area (Å²) in [6.07, 6.45) is 0. The van der Waals surface area contributed by atoms with Gasteiger partial charge < -0.3 is 58.4 Å². The van der Waals surface area contributed by atoms with Crippen molar-refractivity contribution < 1.29 is 78.7 Å². The van der Waals surface area contributed by atoms with E-state index >= 15 is 0 Å². The number of nitrogens with zero attached hydrogens (tertiary/aromatic N) is 7. The maximum absolute atomic E-state index is 6.75. The molecule has 0 aliphatic carbocycles. The second-order valence-corrected chi connectivity index (χ2v) is 0.0894. The molecular formula is C4CdKN7-2. The Morgan fingerprint density at radius 3 is 0.692 bits per heavy atom. The van der Waals surface area contributed by atoms with Gasteiger partial charge in [0.05, 0.1) is 0 Å². The Bertz CT molecular complexity index is 118. The van der Waals surface area contributed by atoms with Crippen LogP contribution in [-0.4, -0.2) is 0 Å². The molecule has 0 radical (unpaired) electrons. The Hall–Kier alpha value is -0.172. The summed E-state index contributed by atoms with van der Waals surface area (Å²) in [5.74, 6) is 0. The molecule has 0 heterocycles. The normalized spacial score (nSPS) is 1.23. The number of rotatable bonds is 0. The first kappa shape index (κ1) is 52.8. The van der Waals surface area contributed by atoms with Crippen LogP contribution in [-0.2, 0) is 27.3 Å². The molecule has 0 saturated carbocycles. The van der Waals surface area contributed by atoms with Crippen LogP contribution in [0.15, 0.2) is 0 Å². The molecule has 0 atom stereocenters. The molecule has 0 aromatic heterocycles. The van der Waals surface area contributed by atoms with Crippen molar-refractivity contribution in [3.05, 3.63) is 42.3 Å². The molecule has 0 aromatic rings. The molecule has 7 nitrogen and oxygen atoms in total. The van der Waals surface area contributed by atoms with Crippen molar-refractivity contribution in [1.82, 2.24) is 0 Å². The van der Waals surface area contributed by atoms with Crippen LogP contribution in [0.5, 0.6) is 0 Å². The predicted molar refractivity (Wildman–Crippen MR) is 29.9 cm³/mol. The standard InChI is InChI=1S/4CN.Cd.K.N3/c4*1-2;;;1-3-2/q4*-1;+2;+1;-1. The van der Waals surface area contributed by atoms with Gasteiger partial charge in [-0.05, 0) is 0 Å². The first-order valence-electron chi connectivity index (χ1n) is 1.29. The average Bonchev–Trinajstić information content (AvgIpc) is 2.18. The van der Waals surface area contributed by atoms with Crippen molar-refractivity contribution in [2.45, 2.75) is 0 Å². The topological polar surface area (TPSA) is 154 Å². The van der Waals surface area contributed by atoms with E-state index in [0.29, 0.717) is 0 Å². The van der Waals surface area contributed by atoms with E-state index in [4.69, 9.17) is 58.4 Å². The number of hydrogen-bond acceptors (Lipinski definition) is 4. The molecule has 0 aliphatic heterocycles. The summed E-state index contributed by atoms with van der Waals surface area (Å²) in [5, 5.41) is 25.0. The van der Waals surface area contributed by atoms with Crippen LogP contribution in [0.4, 0.5) is 0 Å². The summed E-state index contributed by atoms with van der Waals surface area (Å²) in [5.41, 5.74) is 13.5. The summed E-state index contributed by atoms with van der Waals surface area (Å²) in [6.45, 7) is 19.0. The minimum absolute atomic E-state index is 0. The van der Waals surface area contributed by atoms with Gasteiger partial charge in [0.1, 0.15) is 0 Å². The van der Waals surface area contributed by atoms with Crippen LogP contribution in [0.25, 0.3) is 16.0 Å². The molecule has 56 valence electrons. The van der Waals surface area contributed by atoms with Crippen LogP contribution < -0.4 is 51.4 Å². The van der Waals surface area contributed by atoms with Crippen LogP contribution in [0.3, 0.4) is 0 Å². The molecule has 9 heteroatoms. The fourth-order valence-corrected chi connectivity index (χ4v) is 0. The Balaban J connectivity index is -0.00000000676. The first-order valence-corrected chi connectivity index (χ1v) is 1.29. The molecule has 0 fully saturated rings. The summed E-state index contributed by atoms with van der Waals surface area (Å²) < 4.78 is 0. The minimum Gasteiger partial charge on any atom is -0.512 e. The van der Waals surface area contributed by atoms with Crippen molar-refractivity contribution in [3.8, 4) is 0 Å². The third-order valence-electron chi connectivity index (χ3n) is 0. The SMILES string of the molecule is [C-]#N.[C-]#N.[C-]#N.[C-]#N.[Cd+2].[K+].[N-]=[N+]=[N-].